The van der Waals surface area contributed by atoms with Crippen LogP contribution in [0.5, 0.6) is 0 Å². The minimum absolute atomic E-state index is 0.135. The van der Waals surface area contributed by atoms with Gasteiger partial charge >= 0.3 is 0 Å². The Bertz CT molecular complexity index is 1270. The monoisotopic (exact) mass is 416 g/mol. The third kappa shape index (κ3) is 3.95. The first-order valence-electron chi connectivity index (χ1n) is 9.65. The number of hydrogen-bond acceptors (Lipinski definition) is 5. The van der Waals surface area contributed by atoms with Crippen molar-refractivity contribution in [2.45, 2.75) is 19.4 Å². The highest BCUT2D eigenvalue weighted by molar-refractivity contribution is 6.38. The van der Waals surface area contributed by atoms with Gasteiger partial charge in [0, 0.05) is 11.8 Å². The lowest BCUT2D eigenvalue weighted by atomic mass is 10.0. The molecule has 8 heteroatoms. The molecule has 4 rings (SSSR count). The number of nitrogens with two attached hydrogens (primary N) is 1. The van der Waals surface area contributed by atoms with E-state index in [1.54, 1.807) is 29.9 Å². The Morgan fingerprint density at radius 3 is 2.55 bits per heavy atom. The van der Waals surface area contributed by atoms with E-state index in [1.807, 2.05) is 42.5 Å². The first kappa shape index (κ1) is 20.1. The number of carbonyl (C=O) groups excluding carboxylic acids is 3. The summed E-state index contributed by atoms with van der Waals surface area (Å²) in [5.74, 6) is -1.96. The summed E-state index contributed by atoms with van der Waals surface area (Å²) in [6.07, 6.45) is 3.10. The molecule has 1 atom stereocenters. The number of nitrogens with one attached hydrogen (secondary N) is 1. The number of hydrogen-bond donors (Lipinski definition) is 2. The van der Waals surface area contributed by atoms with Crippen molar-refractivity contribution in [1.29, 1.82) is 0 Å². The average Bonchev–Trinajstić information content (AvgIpc) is 3.36. The normalized spacial score (nSPS) is 11.9. The number of furan rings is 1. The maximum Gasteiger partial charge on any atom is 0.287 e. The van der Waals surface area contributed by atoms with Crippen LogP contribution < -0.4 is 11.1 Å². The van der Waals surface area contributed by atoms with Gasteiger partial charge in [-0.05, 0) is 24.6 Å². The second-order valence-electron chi connectivity index (χ2n) is 7.09. The van der Waals surface area contributed by atoms with E-state index in [1.165, 1.54) is 6.20 Å². The van der Waals surface area contributed by atoms with Crippen LogP contribution in [0.25, 0.3) is 16.7 Å². The fourth-order valence-electron chi connectivity index (χ4n) is 3.51. The van der Waals surface area contributed by atoms with Crippen LogP contribution in [-0.2, 0) is 16.0 Å². The molecule has 0 aliphatic rings. The zero-order valence-corrected chi connectivity index (χ0v) is 16.7. The van der Waals surface area contributed by atoms with Gasteiger partial charge in [0.05, 0.1) is 11.9 Å². The molecule has 3 N–H and O–H groups in total. The fraction of sp³-hybridized carbons (Fsp3) is 0.130. The van der Waals surface area contributed by atoms with Crippen molar-refractivity contribution in [2.24, 2.45) is 5.73 Å². The molecule has 2 amide bonds. The Balaban J connectivity index is 1.67. The summed E-state index contributed by atoms with van der Waals surface area (Å²) >= 11 is 0. The molecule has 0 saturated heterocycles. The SMILES string of the molecule is Cc1ncc(C(=O)NC(Cc2ccccc2)C(=O)C(N)=O)n1-c1coc2ccccc12. The van der Waals surface area contributed by atoms with Gasteiger partial charge in [-0.15, -0.1) is 0 Å². The predicted octanol–water partition coefficient (Wildman–Crippen LogP) is 2.32. The molecule has 2 aromatic carbocycles. The minimum Gasteiger partial charge on any atom is -0.462 e. The molecule has 2 aromatic heterocycles. The summed E-state index contributed by atoms with van der Waals surface area (Å²) in [6, 6.07) is 15.4. The molecule has 8 nitrogen and oxygen atoms in total. The van der Waals surface area contributed by atoms with Crippen molar-refractivity contribution < 1.29 is 18.8 Å². The lowest BCUT2D eigenvalue weighted by Crippen LogP contribution is -2.47. The fourth-order valence-corrected chi connectivity index (χ4v) is 3.51. The third-order valence-corrected chi connectivity index (χ3v) is 5.02. The van der Waals surface area contributed by atoms with Crippen molar-refractivity contribution in [2.75, 3.05) is 0 Å². The van der Waals surface area contributed by atoms with E-state index >= 15 is 0 Å². The number of Topliss-reactive ketones (excluding diaryl/α,β-unsaturated/α-hetero) is 1. The highest BCUT2D eigenvalue weighted by atomic mass is 16.3. The van der Waals surface area contributed by atoms with Crippen LogP contribution in [0.15, 0.2) is 71.5 Å². The van der Waals surface area contributed by atoms with Crippen LogP contribution in [-0.4, -0.2) is 33.2 Å². The number of aryl methyl sites for hydroxylation is 1. The molecule has 156 valence electrons. The molecule has 0 aliphatic carbocycles. The van der Waals surface area contributed by atoms with E-state index in [0.29, 0.717) is 17.1 Å². The van der Waals surface area contributed by atoms with E-state index in [2.05, 4.69) is 10.3 Å². The molecule has 0 radical (unpaired) electrons. The average molecular weight is 416 g/mol. The van der Waals surface area contributed by atoms with Gasteiger partial charge in [0.15, 0.2) is 0 Å². The lowest BCUT2D eigenvalue weighted by Gasteiger charge is -2.17. The highest BCUT2D eigenvalue weighted by Gasteiger charge is 2.28. The van der Waals surface area contributed by atoms with Crippen LogP contribution in [0, 0.1) is 6.92 Å². The molecule has 4 aromatic rings. The lowest BCUT2D eigenvalue weighted by molar-refractivity contribution is -0.137. The largest absolute Gasteiger partial charge is 0.462 e. The summed E-state index contributed by atoms with van der Waals surface area (Å²) in [5, 5.41) is 3.46. The molecule has 0 aliphatic heterocycles. The number of amides is 2. The summed E-state index contributed by atoms with van der Waals surface area (Å²) in [4.78, 5) is 41.3. The number of rotatable bonds is 7. The van der Waals surface area contributed by atoms with Gasteiger partial charge in [-0.1, -0.05) is 42.5 Å². The molecule has 2 heterocycles. The summed E-state index contributed by atoms with van der Waals surface area (Å²) < 4.78 is 7.25. The molecule has 0 saturated carbocycles. The molecule has 0 spiro atoms. The standard InChI is InChI=1S/C23H20N4O4/c1-14-25-12-18(27(14)19-13-31-20-10-6-5-9-16(19)20)23(30)26-17(21(28)22(24)29)11-15-7-3-2-4-8-15/h2-10,12-13,17H,11H2,1H3,(H2,24,29)(H,26,30). The van der Waals surface area contributed by atoms with Crippen LogP contribution in [0.3, 0.4) is 0 Å². The minimum atomic E-state index is -1.10. The van der Waals surface area contributed by atoms with Crippen molar-refractivity contribution in [3.05, 3.63) is 84.1 Å². The quantitative estimate of drug-likeness (QED) is 0.448. The van der Waals surface area contributed by atoms with Gasteiger partial charge in [-0.3, -0.25) is 19.0 Å². The molecule has 1 unspecified atom stereocenters. The topological polar surface area (TPSA) is 120 Å². The van der Waals surface area contributed by atoms with Gasteiger partial charge in [0.1, 0.15) is 29.4 Å². The molecular weight excluding hydrogens is 396 g/mol. The zero-order valence-electron chi connectivity index (χ0n) is 16.7. The Hall–Kier alpha value is -4.20. The number of carbonyl (C=O) groups is 3. The number of ketones is 1. The number of nitrogens with zero attached hydrogens (tertiary/aromatic N) is 2. The molecular formula is C23H20N4O4. The van der Waals surface area contributed by atoms with E-state index in [9.17, 15) is 14.4 Å². The van der Waals surface area contributed by atoms with E-state index in [0.717, 1.165) is 10.9 Å². The van der Waals surface area contributed by atoms with Crippen LogP contribution in [0.1, 0.15) is 21.9 Å². The Morgan fingerprint density at radius 2 is 1.81 bits per heavy atom. The predicted molar refractivity (Wildman–Crippen MR) is 114 cm³/mol. The summed E-state index contributed by atoms with van der Waals surface area (Å²) in [5.41, 5.74) is 7.52. The smallest absolute Gasteiger partial charge is 0.287 e. The first-order valence-corrected chi connectivity index (χ1v) is 9.65. The van der Waals surface area contributed by atoms with Gasteiger partial charge in [0.2, 0.25) is 5.78 Å². The van der Waals surface area contributed by atoms with Crippen molar-refractivity contribution >= 4 is 28.6 Å². The number of imidazole rings is 1. The van der Waals surface area contributed by atoms with Gasteiger partial charge in [0.25, 0.3) is 11.8 Å². The zero-order chi connectivity index (χ0) is 22.0. The number of fused-ring (bicyclic) bond motifs is 1. The van der Waals surface area contributed by atoms with Crippen LogP contribution in [0.2, 0.25) is 0 Å². The van der Waals surface area contributed by atoms with Crippen molar-refractivity contribution in [3.63, 3.8) is 0 Å². The summed E-state index contributed by atoms with van der Waals surface area (Å²) in [7, 11) is 0. The van der Waals surface area contributed by atoms with Crippen LogP contribution >= 0.6 is 0 Å². The third-order valence-electron chi connectivity index (χ3n) is 5.02. The highest BCUT2D eigenvalue weighted by Crippen LogP contribution is 2.26. The van der Waals surface area contributed by atoms with Crippen LogP contribution in [0.4, 0.5) is 0 Å². The molecule has 0 bridgehead atoms. The van der Waals surface area contributed by atoms with E-state index in [4.69, 9.17) is 10.2 Å². The number of para-hydroxylation sites is 1. The van der Waals surface area contributed by atoms with Gasteiger partial charge in [-0.25, -0.2) is 4.98 Å². The molecule has 31 heavy (non-hydrogen) atoms. The number of aromatic nitrogens is 2. The van der Waals surface area contributed by atoms with Gasteiger partial charge in [-0.2, -0.15) is 0 Å². The molecule has 0 fully saturated rings. The maximum absolute atomic E-state index is 13.1. The van der Waals surface area contributed by atoms with E-state index < -0.39 is 23.6 Å². The number of benzene rings is 2. The summed E-state index contributed by atoms with van der Waals surface area (Å²) in [6.45, 7) is 1.76. The first-order chi connectivity index (χ1) is 15.0. The van der Waals surface area contributed by atoms with Crippen molar-refractivity contribution in [1.82, 2.24) is 14.9 Å². The number of primary amides is 1. The second-order valence-corrected chi connectivity index (χ2v) is 7.09. The maximum atomic E-state index is 13.1. The van der Waals surface area contributed by atoms with E-state index in [-0.39, 0.29) is 12.1 Å². The Labute approximate surface area is 177 Å². The van der Waals surface area contributed by atoms with Crippen molar-refractivity contribution in [3.8, 4) is 5.69 Å². The Morgan fingerprint density at radius 1 is 1.10 bits per heavy atom. The Kier molecular flexibility index (Phi) is 5.36. The second kappa shape index (κ2) is 8.27. The van der Waals surface area contributed by atoms with Gasteiger partial charge < -0.3 is 15.5 Å².